The summed E-state index contributed by atoms with van der Waals surface area (Å²) in [5.74, 6) is 1.63. The highest BCUT2D eigenvalue weighted by atomic mass is 79.9. The van der Waals surface area contributed by atoms with Crippen molar-refractivity contribution in [3.63, 3.8) is 0 Å². The zero-order valence-corrected chi connectivity index (χ0v) is 18.7. The number of nitrogens with one attached hydrogen (secondary N) is 1. The van der Waals surface area contributed by atoms with Crippen LogP contribution in [0.2, 0.25) is 0 Å². The summed E-state index contributed by atoms with van der Waals surface area (Å²) in [6.45, 7) is 2.02. The molecule has 0 saturated carbocycles. The van der Waals surface area contributed by atoms with Crippen molar-refractivity contribution in [3.05, 3.63) is 64.9 Å². The van der Waals surface area contributed by atoms with Gasteiger partial charge in [0.1, 0.15) is 17.9 Å². The molecule has 2 aromatic heterocycles. The summed E-state index contributed by atoms with van der Waals surface area (Å²) in [7, 11) is 1.66. The minimum Gasteiger partial charge on any atom is -0.497 e. The van der Waals surface area contributed by atoms with Crippen molar-refractivity contribution in [1.29, 1.82) is 0 Å². The first kappa shape index (κ1) is 19.9. The molecular weight excluding hydrogens is 454 g/mol. The van der Waals surface area contributed by atoms with Crippen molar-refractivity contribution in [2.45, 2.75) is 12.3 Å². The maximum Gasteiger partial charge on any atom is 0.165 e. The van der Waals surface area contributed by atoms with E-state index in [1.54, 1.807) is 7.11 Å². The van der Waals surface area contributed by atoms with Gasteiger partial charge >= 0.3 is 0 Å². The molecule has 3 N–H and O–H groups in total. The molecule has 31 heavy (non-hydrogen) atoms. The lowest BCUT2D eigenvalue weighted by Gasteiger charge is -2.17. The summed E-state index contributed by atoms with van der Waals surface area (Å²) < 4.78 is 6.40. The summed E-state index contributed by atoms with van der Waals surface area (Å²) in [6, 6.07) is 16.5. The smallest absolute Gasteiger partial charge is 0.165 e. The molecule has 2 aromatic carbocycles. The van der Waals surface area contributed by atoms with Gasteiger partial charge in [-0.05, 0) is 59.8 Å². The maximum absolute atomic E-state index is 6.28. The van der Waals surface area contributed by atoms with E-state index in [1.807, 2.05) is 18.2 Å². The van der Waals surface area contributed by atoms with Crippen molar-refractivity contribution in [3.8, 4) is 28.1 Å². The van der Waals surface area contributed by atoms with Crippen LogP contribution in [0.5, 0.6) is 5.75 Å². The van der Waals surface area contributed by atoms with Gasteiger partial charge in [-0.1, -0.05) is 40.2 Å². The number of aromatic nitrogens is 3. The first-order valence-corrected chi connectivity index (χ1v) is 11.0. The number of nitrogen functional groups attached to an aromatic ring is 1. The van der Waals surface area contributed by atoms with E-state index >= 15 is 0 Å². The Labute approximate surface area is 189 Å². The largest absolute Gasteiger partial charge is 0.497 e. The van der Waals surface area contributed by atoms with Crippen molar-refractivity contribution in [2.75, 3.05) is 25.9 Å². The lowest BCUT2D eigenvalue weighted by Crippen LogP contribution is -2.09. The third kappa shape index (κ3) is 3.75. The van der Waals surface area contributed by atoms with E-state index < -0.39 is 0 Å². The third-order valence-corrected chi connectivity index (χ3v) is 6.25. The fraction of sp³-hybridized carbons (Fsp3) is 0.208. The van der Waals surface area contributed by atoms with E-state index in [-0.39, 0.29) is 0 Å². The molecule has 0 radical (unpaired) electrons. The second-order valence-corrected chi connectivity index (χ2v) is 8.58. The Morgan fingerprint density at radius 1 is 1.10 bits per heavy atom. The number of nitrogens with two attached hydrogens (primary N) is 1. The second-order valence-electron chi connectivity index (χ2n) is 7.67. The Bertz CT molecular complexity index is 1270. The number of fused-ring (bicyclic) bond motifs is 1. The zero-order valence-electron chi connectivity index (χ0n) is 17.1. The van der Waals surface area contributed by atoms with Gasteiger partial charge in [-0.25, -0.2) is 15.0 Å². The van der Waals surface area contributed by atoms with Gasteiger partial charge in [0.2, 0.25) is 0 Å². The van der Waals surface area contributed by atoms with Crippen molar-refractivity contribution >= 4 is 32.8 Å². The first-order chi connectivity index (χ1) is 15.1. The summed E-state index contributed by atoms with van der Waals surface area (Å²) in [5, 5.41) is 4.21. The van der Waals surface area contributed by atoms with Crippen molar-refractivity contribution < 1.29 is 4.74 Å². The van der Waals surface area contributed by atoms with E-state index in [0.29, 0.717) is 17.4 Å². The van der Waals surface area contributed by atoms with Gasteiger partial charge in [-0.2, -0.15) is 0 Å². The number of hydrogen-bond acceptors (Lipinski definition) is 6. The van der Waals surface area contributed by atoms with Gasteiger partial charge in [-0.15, -0.1) is 0 Å². The van der Waals surface area contributed by atoms with Crippen LogP contribution in [0.4, 0.5) is 5.82 Å². The van der Waals surface area contributed by atoms with E-state index in [0.717, 1.165) is 57.5 Å². The predicted octanol–water partition coefficient (Wildman–Crippen LogP) is 4.79. The molecule has 7 heteroatoms. The average molecular weight is 476 g/mol. The molecule has 0 amide bonds. The van der Waals surface area contributed by atoms with Crippen LogP contribution in [0.15, 0.2) is 59.3 Å². The Morgan fingerprint density at radius 3 is 2.77 bits per heavy atom. The number of rotatable bonds is 4. The number of anilines is 1. The third-order valence-electron chi connectivity index (χ3n) is 5.79. The highest BCUT2D eigenvalue weighted by Gasteiger charge is 2.22. The van der Waals surface area contributed by atoms with Crippen LogP contribution in [0.1, 0.15) is 17.9 Å². The fourth-order valence-electron chi connectivity index (χ4n) is 4.30. The van der Waals surface area contributed by atoms with Gasteiger partial charge in [-0.3, -0.25) is 0 Å². The number of hydrogen-bond donors (Lipinski definition) is 2. The molecule has 4 aromatic rings. The van der Waals surface area contributed by atoms with E-state index in [4.69, 9.17) is 15.5 Å². The van der Waals surface area contributed by atoms with Crippen LogP contribution in [-0.4, -0.2) is 35.2 Å². The molecule has 1 aliphatic heterocycles. The molecule has 5 rings (SSSR count). The monoisotopic (exact) mass is 475 g/mol. The first-order valence-electron chi connectivity index (χ1n) is 10.2. The van der Waals surface area contributed by atoms with Gasteiger partial charge in [0.15, 0.2) is 5.65 Å². The van der Waals surface area contributed by atoms with Crippen LogP contribution in [0, 0.1) is 0 Å². The molecule has 0 bridgehead atoms. The highest BCUT2D eigenvalue weighted by Crippen LogP contribution is 2.38. The topological polar surface area (TPSA) is 86.0 Å². The number of ether oxygens (including phenoxy) is 1. The standard InChI is InChI=1S/C24H22BrN5O/c1-31-17-9-15(8-16(25)10-17)20-11-21(30-24-22(20)23(26)28-13-29-24)19-5-3-2-4-18(19)14-6-7-27-12-14/h2-5,8-11,13-14,27H,6-7,12H2,1H3,(H2,26,28,29,30). The van der Waals surface area contributed by atoms with Crippen LogP contribution in [-0.2, 0) is 0 Å². The SMILES string of the molecule is COc1cc(Br)cc(-c2cc(-c3ccccc3C3CCNC3)nc3ncnc(N)c23)c1. The summed E-state index contributed by atoms with van der Waals surface area (Å²) in [5.41, 5.74) is 12.1. The minimum atomic E-state index is 0.409. The Kier molecular flexibility index (Phi) is 5.29. The Hall–Kier alpha value is -3.03. The number of halogens is 1. The molecule has 1 saturated heterocycles. The van der Waals surface area contributed by atoms with Crippen molar-refractivity contribution in [1.82, 2.24) is 20.3 Å². The summed E-state index contributed by atoms with van der Waals surface area (Å²) in [6.07, 6.45) is 2.59. The quantitative estimate of drug-likeness (QED) is 0.441. The summed E-state index contributed by atoms with van der Waals surface area (Å²) in [4.78, 5) is 13.6. The predicted molar refractivity (Wildman–Crippen MR) is 127 cm³/mol. The van der Waals surface area contributed by atoms with E-state index in [2.05, 4.69) is 61.5 Å². The van der Waals surface area contributed by atoms with Crippen LogP contribution >= 0.6 is 15.9 Å². The maximum atomic E-state index is 6.28. The Balaban J connectivity index is 1.77. The minimum absolute atomic E-state index is 0.409. The average Bonchev–Trinajstić information content (AvgIpc) is 3.33. The second kappa shape index (κ2) is 8.24. The van der Waals surface area contributed by atoms with Crippen LogP contribution in [0.25, 0.3) is 33.4 Å². The molecule has 1 atom stereocenters. The summed E-state index contributed by atoms with van der Waals surface area (Å²) >= 11 is 3.59. The lowest BCUT2D eigenvalue weighted by atomic mass is 9.90. The highest BCUT2D eigenvalue weighted by molar-refractivity contribution is 9.10. The molecule has 6 nitrogen and oxygen atoms in total. The van der Waals surface area contributed by atoms with Gasteiger partial charge in [0.05, 0.1) is 18.2 Å². The molecule has 1 unspecified atom stereocenters. The lowest BCUT2D eigenvalue weighted by molar-refractivity contribution is 0.414. The number of pyridine rings is 1. The molecule has 156 valence electrons. The number of nitrogens with zero attached hydrogens (tertiary/aromatic N) is 3. The fourth-order valence-corrected chi connectivity index (χ4v) is 4.77. The van der Waals surface area contributed by atoms with E-state index in [1.165, 1.54) is 11.9 Å². The van der Waals surface area contributed by atoms with Gasteiger partial charge in [0.25, 0.3) is 0 Å². The van der Waals surface area contributed by atoms with Crippen LogP contribution < -0.4 is 15.8 Å². The molecule has 0 spiro atoms. The van der Waals surface area contributed by atoms with Gasteiger partial charge < -0.3 is 15.8 Å². The zero-order chi connectivity index (χ0) is 21.4. The molecule has 0 aliphatic carbocycles. The molecule has 1 fully saturated rings. The molecular formula is C24H22BrN5O. The normalized spacial score (nSPS) is 16.0. The van der Waals surface area contributed by atoms with Gasteiger partial charge in [0, 0.05) is 16.6 Å². The molecule has 3 heterocycles. The number of benzene rings is 2. The van der Waals surface area contributed by atoms with Crippen molar-refractivity contribution in [2.24, 2.45) is 0 Å². The number of methoxy groups -OCH3 is 1. The molecule has 1 aliphatic rings. The van der Waals surface area contributed by atoms with E-state index in [9.17, 15) is 0 Å². The Morgan fingerprint density at radius 2 is 1.97 bits per heavy atom. The van der Waals surface area contributed by atoms with Crippen LogP contribution in [0.3, 0.4) is 0 Å².